The minimum Gasteiger partial charge on any atom is -0.466 e. The summed E-state index contributed by atoms with van der Waals surface area (Å²) in [5.74, 6) is -1.07. The van der Waals surface area contributed by atoms with E-state index in [1.165, 1.54) is 142 Å². The van der Waals surface area contributed by atoms with Crippen LogP contribution in [0.5, 0.6) is 6.01 Å². The zero-order valence-corrected chi connectivity index (χ0v) is 65.5. The maximum absolute atomic E-state index is 13.9. The lowest BCUT2D eigenvalue weighted by Gasteiger charge is -2.28. The largest absolute Gasteiger partial charge is 0.466 e. The first-order valence-corrected chi connectivity index (χ1v) is 41.5. The molecule has 0 radical (unpaired) electrons. The number of rotatable bonds is 68. The Bertz CT molecular complexity index is 2680. The summed E-state index contributed by atoms with van der Waals surface area (Å²) in [4.78, 5) is 101. The maximum Gasteiger partial charge on any atom is 0.337 e. The summed E-state index contributed by atoms with van der Waals surface area (Å²) in [7, 11) is 1.38. The molecule has 2 N–H and O–H groups in total. The molecule has 588 valence electrons. The lowest BCUT2D eigenvalue weighted by molar-refractivity contribution is -0.145. The van der Waals surface area contributed by atoms with Crippen molar-refractivity contribution < 1.29 is 52.4 Å². The van der Waals surface area contributed by atoms with Crippen LogP contribution in [0, 0.1) is 0 Å². The van der Waals surface area contributed by atoms with E-state index < -0.39 is 0 Å². The lowest BCUT2D eigenvalue weighted by Crippen LogP contribution is -2.38. The molecule has 21 nitrogen and oxygen atoms in total. The number of esters is 4. The normalized spacial score (nSPS) is 12.7. The van der Waals surface area contributed by atoms with E-state index in [1.807, 2.05) is 18.2 Å². The van der Waals surface area contributed by atoms with Crippen molar-refractivity contribution in [3.63, 3.8) is 0 Å². The third-order valence-corrected chi connectivity index (χ3v) is 19.8. The van der Waals surface area contributed by atoms with Crippen molar-refractivity contribution in [2.75, 3.05) is 124 Å². The predicted octanol–water partition coefficient (Wildman–Crippen LogP) is 16.8. The molecule has 1 amide bonds. The highest BCUT2D eigenvalue weighted by molar-refractivity contribution is 5.97. The van der Waals surface area contributed by atoms with Gasteiger partial charge in [0.2, 0.25) is 5.91 Å². The quantitative estimate of drug-likeness (QED) is 0.0304. The number of methoxy groups -OCH3 is 1. The number of carbonyl (C=O) groups is 5. The van der Waals surface area contributed by atoms with E-state index in [-0.39, 0.29) is 73.0 Å². The van der Waals surface area contributed by atoms with Gasteiger partial charge in [0.25, 0.3) is 0 Å². The number of ether oxygens (including phenoxy) is 6. The summed E-state index contributed by atoms with van der Waals surface area (Å²) in [5, 5.41) is 2.99. The molecule has 2 aromatic heterocycles. The number of hydrogen-bond acceptors (Lipinski definition) is 18. The number of morpholine rings is 1. The molecule has 4 rings (SSSR count). The van der Waals surface area contributed by atoms with Crippen LogP contribution in [-0.2, 0) is 56.0 Å². The van der Waals surface area contributed by atoms with Crippen molar-refractivity contribution in [1.82, 2.24) is 39.1 Å². The second-order valence-electron chi connectivity index (χ2n) is 28.8. The molecular formula is C82H143N9O12. The second-order valence-corrected chi connectivity index (χ2v) is 28.8. The number of fused-ring (bicyclic) bond motifs is 1. The summed E-state index contributed by atoms with van der Waals surface area (Å²) in [6.45, 7) is 20.7. The molecule has 1 fully saturated rings. The van der Waals surface area contributed by atoms with E-state index in [0.29, 0.717) is 115 Å². The Morgan fingerprint density at radius 3 is 1.43 bits per heavy atom. The molecule has 1 saturated heterocycles. The number of unbranched alkanes of at least 4 members (excludes halogenated alkanes) is 30. The van der Waals surface area contributed by atoms with Crippen molar-refractivity contribution in [1.29, 1.82) is 0 Å². The first-order chi connectivity index (χ1) is 50.5. The van der Waals surface area contributed by atoms with Gasteiger partial charge in [0, 0.05) is 58.8 Å². The van der Waals surface area contributed by atoms with Gasteiger partial charge in [0.1, 0.15) is 5.52 Å². The van der Waals surface area contributed by atoms with Gasteiger partial charge in [0.05, 0.1) is 71.6 Å². The van der Waals surface area contributed by atoms with Gasteiger partial charge >= 0.3 is 35.6 Å². The van der Waals surface area contributed by atoms with Crippen LogP contribution in [0.2, 0.25) is 0 Å². The molecule has 0 unspecified atom stereocenters. The molecule has 1 aliphatic rings. The summed E-state index contributed by atoms with van der Waals surface area (Å²) < 4.78 is 35.4. The van der Waals surface area contributed by atoms with Crippen molar-refractivity contribution in [3.05, 3.63) is 45.9 Å². The number of hydrogen-bond donors (Lipinski definition) is 2. The van der Waals surface area contributed by atoms with Gasteiger partial charge in [-0.25, -0.2) is 9.59 Å². The summed E-state index contributed by atoms with van der Waals surface area (Å²) in [6.07, 6.45) is 43.4. The van der Waals surface area contributed by atoms with Gasteiger partial charge in [-0.15, -0.1) is 0 Å². The van der Waals surface area contributed by atoms with E-state index in [1.54, 1.807) is 10.6 Å². The van der Waals surface area contributed by atoms with E-state index in [9.17, 15) is 28.8 Å². The van der Waals surface area contributed by atoms with E-state index in [0.717, 1.165) is 141 Å². The molecule has 0 atom stereocenters. The van der Waals surface area contributed by atoms with Crippen LogP contribution in [-0.4, -0.2) is 188 Å². The van der Waals surface area contributed by atoms with Crippen LogP contribution in [0.3, 0.4) is 0 Å². The third-order valence-electron chi connectivity index (χ3n) is 19.8. The number of aromatic nitrogens is 4. The van der Waals surface area contributed by atoms with Gasteiger partial charge in [-0.1, -0.05) is 226 Å². The van der Waals surface area contributed by atoms with Crippen LogP contribution in [0.4, 0.5) is 5.82 Å². The SMILES string of the molecule is CCCCCCCCCCCCOC(=O)CCN(CCCCCC(=O)Nc1nc(OCCCC)nc2c1[nH]c(=O)n2CCCN(CCCN1CCOCC1)Cc1cccc(C(=O)OC)c1)CCCN(CCC(=O)OCCCCCCCCCCCC)CCC(=O)OCCCCCCCCCCCC. The zero-order valence-electron chi connectivity index (χ0n) is 65.5. The Balaban J connectivity index is 1.37. The number of aromatic amines is 1. The van der Waals surface area contributed by atoms with Gasteiger partial charge in [-0.05, 0) is 108 Å². The Morgan fingerprint density at radius 2 is 0.932 bits per heavy atom. The van der Waals surface area contributed by atoms with Gasteiger partial charge in [-0.3, -0.25) is 33.5 Å². The molecule has 0 saturated carbocycles. The van der Waals surface area contributed by atoms with E-state index in [2.05, 4.69) is 62.6 Å². The molecule has 103 heavy (non-hydrogen) atoms. The number of H-pyrrole nitrogens is 1. The first-order valence-electron chi connectivity index (χ1n) is 41.5. The highest BCUT2D eigenvalue weighted by Crippen LogP contribution is 2.23. The van der Waals surface area contributed by atoms with Gasteiger partial charge < -0.3 is 48.5 Å². The number of carbonyl (C=O) groups excluding carboxylic acids is 5. The third kappa shape index (κ3) is 44.3. The Morgan fingerprint density at radius 1 is 0.485 bits per heavy atom. The molecular weight excluding hydrogens is 1300 g/mol. The second kappa shape index (κ2) is 60.6. The van der Waals surface area contributed by atoms with Crippen LogP contribution in [0.25, 0.3) is 11.2 Å². The first kappa shape index (κ1) is 89.9. The molecule has 1 aromatic carbocycles. The molecule has 1 aliphatic heterocycles. The maximum atomic E-state index is 13.9. The van der Waals surface area contributed by atoms with E-state index in [4.69, 9.17) is 33.4 Å². The summed E-state index contributed by atoms with van der Waals surface area (Å²) in [6, 6.07) is 7.60. The Kier molecular flexibility index (Phi) is 52.9. The van der Waals surface area contributed by atoms with Gasteiger partial charge in [-0.2, -0.15) is 9.97 Å². The number of imidazole rings is 1. The Hall–Kier alpha value is -5.48. The van der Waals surface area contributed by atoms with Crippen LogP contribution >= 0.6 is 0 Å². The lowest BCUT2D eigenvalue weighted by atomic mass is 10.1. The number of amides is 1. The minimum atomic E-state index is -0.382. The fourth-order valence-corrected chi connectivity index (χ4v) is 13.4. The minimum absolute atomic E-state index is 0.0831. The number of aryl methyl sites for hydroxylation is 1. The summed E-state index contributed by atoms with van der Waals surface area (Å²) in [5.41, 5.74) is 1.81. The standard InChI is InChI=1S/C82H143N9O12/c1-6-10-14-17-20-23-26-29-32-38-64-100-74(93)48-58-87(52-42-53-88(59-49-75(94)101-65-39-33-30-27-24-21-18-15-11-7-2)60-50-76(95)102-66-40-34-31-28-25-22-19-16-12-8-3)51-37-35-36-47-73(92)83-78-77-79(86-81(85-78)103-63-13-9-4)91(82(97)84-77)57-44-56-90(55-43-54-89-61-67-99-68-62-89)70-71-45-41-46-72(69-71)80(96)98-5/h41,45-46,69H,6-40,42-44,47-68,70H2,1-5H3,(H,84,97)(H,83,85,86,92). The molecule has 0 spiro atoms. The van der Waals surface area contributed by atoms with E-state index >= 15 is 0 Å². The predicted molar refractivity (Wildman–Crippen MR) is 415 cm³/mol. The average Bonchev–Trinajstić information content (AvgIpc) is 1.64. The molecule has 0 aliphatic carbocycles. The number of nitrogens with one attached hydrogen (secondary N) is 2. The highest BCUT2D eigenvalue weighted by atomic mass is 16.5. The highest BCUT2D eigenvalue weighted by Gasteiger charge is 2.21. The average molecular weight is 1450 g/mol. The van der Waals surface area contributed by atoms with Gasteiger partial charge in [0.15, 0.2) is 11.5 Å². The fraction of sp³-hybridized carbons (Fsp3) is 0.805. The fourth-order valence-electron chi connectivity index (χ4n) is 13.4. The molecule has 21 heteroatoms. The summed E-state index contributed by atoms with van der Waals surface area (Å²) >= 11 is 0. The molecule has 0 bridgehead atoms. The molecule has 3 heterocycles. The van der Waals surface area contributed by atoms with Crippen LogP contribution < -0.4 is 15.7 Å². The van der Waals surface area contributed by atoms with Crippen molar-refractivity contribution in [2.45, 2.75) is 310 Å². The molecule has 3 aromatic rings. The monoisotopic (exact) mass is 1450 g/mol. The van der Waals surface area contributed by atoms with Crippen LogP contribution in [0.15, 0.2) is 29.1 Å². The number of anilines is 1. The topological polar surface area (TPSA) is 229 Å². The number of nitrogens with zero attached hydrogens (tertiary/aromatic N) is 7. The Labute approximate surface area is 621 Å². The smallest absolute Gasteiger partial charge is 0.337 e. The zero-order chi connectivity index (χ0) is 73.8. The van der Waals surface area contributed by atoms with Crippen molar-refractivity contribution in [3.8, 4) is 6.01 Å². The number of benzene rings is 1. The van der Waals surface area contributed by atoms with Crippen LogP contribution in [0.1, 0.15) is 313 Å². The van der Waals surface area contributed by atoms with Crippen molar-refractivity contribution in [2.24, 2.45) is 0 Å². The van der Waals surface area contributed by atoms with Crippen molar-refractivity contribution >= 4 is 46.8 Å².